The van der Waals surface area contributed by atoms with Crippen molar-refractivity contribution < 1.29 is 14.4 Å². The van der Waals surface area contributed by atoms with Crippen LogP contribution in [0.1, 0.15) is 36.0 Å². The lowest BCUT2D eigenvalue weighted by atomic mass is 9.83. The quantitative estimate of drug-likeness (QED) is 0.874. The van der Waals surface area contributed by atoms with Crippen LogP contribution in [0.2, 0.25) is 0 Å². The van der Waals surface area contributed by atoms with Crippen molar-refractivity contribution in [1.29, 1.82) is 0 Å². The monoisotopic (exact) mass is 284 g/mol. The van der Waals surface area contributed by atoms with Crippen LogP contribution in [0.15, 0.2) is 47.0 Å². The first-order valence-corrected chi connectivity index (χ1v) is 6.98. The molecule has 0 aliphatic heterocycles. The third-order valence-corrected chi connectivity index (χ3v) is 3.76. The van der Waals surface area contributed by atoms with Crippen molar-refractivity contribution >= 4 is 5.97 Å². The highest BCUT2D eigenvalue weighted by Gasteiger charge is 2.33. The normalized spacial score (nSPS) is 21.3. The van der Waals surface area contributed by atoms with Gasteiger partial charge in [0.2, 0.25) is 5.89 Å². The molecule has 1 aromatic heterocycles. The van der Waals surface area contributed by atoms with E-state index in [-0.39, 0.29) is 5.92 Å². The molecular weight excluding hydrogens is 268 g/mol. The molecule has 3 rings (SSSR count). The van der Waals surface area contributed by atoms with Crippen molar-refractivity contribution in [3.05, 3.63) is 59.8 Å². The van der Waals surface area contributed by atoms with E-state index >= 15 is 0 Å². The van der Waals surface area contributed by atoms with Gasteiger partial charge >= 0.3 is 5.97 Å². The minimum absolute atomic E-state index is 0.232. The zero-order chi connectivity index (χ0) is 14.7. The standard InChI is InChI=1S/C16H16N2O3/c19-16(20)13-9-5-4-8-12(13)15-17-14(18-21-15)10-11-6-2-1-3-7-11/h1-7,12-13H,8-10H2,(H,19,20)/t12-,13+/m1/s1. The predicted octanol–water partition coefficient (Wildman–Crippen LogP) is 2.79. The van der Waals surface area contributed by atoms with E-state index in [4.69, 9.17) is 4.52 Å². The Balaban J connectivity index is 1.78. The maximum Gasteiger partial charge on any atom is 0.307 e. The van der Waals surface area contributed by atoms with Gasteiger partial charge in [-0.25, -0.2) is 0 Å². The van der Waals surface area contributed by atoms with E-state index in [0.29, 0.717) is 31.0 Å². The number of nitrogens with zero attached hydrogens (tertiary/aromatic N) is 2. The van der Waals surface area contributed by atoms with Gasteiger partial charge in [0.1, 0.15) is 0 Å². The van der Waals surface area contributed by atoms with Crippen LogP contribution < -0.4 is 0 Å². The van der Waals surface area contributed by atoms with Crippen molar-refractivity contribution in [3.63, 3.8) is 0 Å². The fraction of sp³-hybridized carbons (Fsp3) is 0.312. The number of rotatable bonds is 4. The molecule has 0 saturated heterocycles. The zero-order valence-corrected chi connectivity index (χ0v) is 11.5. The van der Waals surface area contributed by atoms with Crippen LogP contribution in [0, 0.1) is 5.92 Å². The lowest BCUT2D eigenvalue weighted by Gasteiger charge is -2.21. The van der Waals surface area contributed by atoms with Crippen molar-refractivity contribution in [3.8, 4) is 0 Å². The summed E-state index contributed by atoms with van der Waals surface area (Å²) in [6.45, 7) is 0. The third kappa shape index (κ3) is 3.02. The molecule has 2 atom stereocenters. The highest BCUT2D eigenvalue weighted by atomic mass is 16.5. The van der Waals surface area contributed by atoms with Crippen LogP contribution in [0.3, 0.4) is 0 Å². The van der Waals surface area contributed by atoms with Gasteiger partial charge in [0, 0.05) is 6.42 Å². The molecule has 5 nitrogen and oxygen atoms in total. The maximum absolute atomic E-state index is 11.3. The molecule has 0 amide bonds. The largest absolute Gasteiger partial charge is 0.481 e. The number of carbonyl (C=O) groups is 1. The molecular formula is C16H16N2O3. The third-order valence-electron chi connectivity index (χ3n) is 3.76. The van der Waals surface area contributed by atoms with Gasteiger partial charge in [-0.3, -0.25) is 4.79 Å². The zero-order valence-electron chi connectivity index (χ0n) is 11.5. The number of benzene rings is 1. The molecule has 108 valence electrons. The number of allylic oxidation sites excluding steroid dienone is 2. The molecule has 1 heterocycles. The minimum Gasteiger partial charge on any atom is -0.481 e. The number of aliphatic carboxylic acids is 1. The molecule has 0 saturated carbocycles. The molecule has 1 N–H and O–H groups in total. The summed E-state index contributed by atoms with van der Waals surface area (Å²) in [5.74, 6) is -0.510. The summed E-state index contributed by atoms with van der Waals surface area (Å²) in [4.78, 5) is 15.7. The second-order valence-electron chi connectivity index (χ2n) is 5.21. The van der Waals surface area contributed by atoms with E-state index in [1.54, 1.807) is 0 Å². The van der Waals surface area contributed by atoms with Crippen LogP contribution in [-0.4, -0.2) is 21.2 Å². The number of aromatic nitrogens is 2. The van der Waals surface area contributed by atoms with Crippen LogP contribution >= 0.6 is 0 Å². The smallest absolute Gasteiger partial charge is 0.307 e. The summed E-state index contributed by atoms with van der Waals surface area (Å²) in [6, 6.07) is 9.88. The molecule has 5 heteroatoms. The minimum atomic E-state index is -0.813. The van der Waals surface area contributed by atoms with Crippen molar-refractivity contribution in [2.75, 3.05) is 0 Å². The van der Waals surface area contributed by atoms with E-state index in [0.717, 1.165) is 5.56 Å². The molecule has 1 aromatic carbocycles. The van der Waals surface area contributed by atoms with Crippen molar-refractivity contribution in [1.82, 2.24) is 10.1 Å². The lowest BCUT2D eigenvalue weighted by Crippen LogP contribution is -2.23. The molecule has 1 aliphatic rings. The number of hydrogen-bond donors (Lipinski definition) is 1. The number of carboxylic acid groups (broad SMARTS) is 1. The highest BCUT2D eigenvalue weighted by Crippen LogP contribution is 2.33. The maximum atomic E-state index is 11.3. The Morgan fingerprint density at radius 2 is 2.00 bits per heavy atom. The van der Waals surface area contributed by atoms with E-state index in [9.17, 15) is 9.90 Å². The molecule has 2 aromatic rings. The lowest BCUT2D eigenvalue weighted by molar-refractivity contribution is -0.142. The van der Waals surface area contributed by atoms with E-state index in [2.05, 4.69) is 10.1 Å². The van der Waals surface area contributed by atoms with Crippen LogP contribution in [0.5, 0.6) is 0 Å². The first-order chi connectivity index (χ1) is 10.2. The number of carboxylic acids is 1. The summed E-state index contributed by atoms with van der Waals surface area (Å²) in [5, 5.41) is 13.3. The second kappa shape index (κ2) is 5.91. The van der Waals surface area contributed by atoms with Crippen LogP contribution in [0.25, 0.3) is 0 Å². The summed E-state index contributed by atoms with van der Waals surface area (Å²) in [6.07, 6.45) is 5.60. The Labute approximate surface area is 122 Å². The average Bonchev–Trinajstić information content (AvgIpc) is 2.96. The van der Waals surface area contributed by atoms with E-state index < -0.39 is 11.9 Å². The Kier molecular flexibility index (Phi) is 3.81. The van der Waals surface area contributed by atoms with Crippen molar-refractivity contribution in [2.45, 2.75) is 25.2 Å². The Hall–Kier alpha value is -2.43. The fourth-order valence-corrected chi connectivity index (χ4v) is 2.63. The van der Waals surface area contributed by atoms with Gasteiger partial charge < -0.3 is 9.63 Å². The summed E-state index contributed by atoms with van der Waals surface area (Å²) in [7, 11) is 0. The molecule has 1 aliphatic carbocycles. The van der Waals surface area contributed by atoms with E-state index in [1.807, 2.05) is 42.5 Å². The molecule has 0 bridgehead atoms. The number of hydrogen-bond acceptors (Lipinski definition) is 4. The first kappa shape index (κ1) is 13.5. The van der Waals surface area contributed by atoms with Gasteiger partial charge in [-0.2, -0.15) is 4.98 Å². The van der Waals surface area contributed by atoms with Gasteiger partial charge in [-0.15, -0.1) is 0 Å². The Morgan fingerprint density at radius 1 is 1.24 bits per heavy atom. The predicted molar refractivity (Wildman–Crippen MR) is 75.8 cm³/mol. The molecule has 21 heavy (non-hydrogen) atoms. The second-order valence-corrected chi connectivity index (χ2v) is 5.21. The topological polar surface area (TPSA) is 76.2 Å². The molecule has 0 unspecified atom stereocenters. The molecule has 0 radical (unpaired) electrons. The summed E-state index contributed by atoms with van der Waals surface area (Å²) in [5.41, 5.74) is 1.10. The highest BCUT2D eigenvalue weighted by molar-refractivity contribution is 5.71. The molecule has 0 fully saturated rings. The van der Waals surface area contributed by atoms with Crippen molar-refractivity contribution in [2.24, 2.45) is 5.92 Å². The Bertz CT molecular complexity index is 649. The van der Waals surface area contributed by atoms with E-state index in [1.165, 1.54) is 0 Å². The Morgan fingerprint density at radius 3 is 2.76 bits per heavy atom. The van der Waals surface area contributed by atoms with Gasteiger partial charge in [0.05, 0.1) is 11.8 Å². The van der Waals surface area contributed by atoms with Gasteiger partial charge in [0.15, 0.2) is 5.82 Å². The fourth-order valence-electron chi connectivity index (χ4n) is 2.63. The van der Waals surface area contributed by atoms with Crippen LogP contribution in [0.4, 0.5) is 0 Å². The SMILES string of the molecule is O=C(O)[C@H]1CC=CC[C@H]1c1nc(Cc2ccccc2)no1. The van der Waals surface area contributed by atoms with Gasteiger partial charge in [0.25, 0.3) is 0 Å². The summed E-state index contributed by atoms with van der Waals surface area (Å²) >= 11 is 0. The van der Waals surface area contributed by atoms with Gasteiger partial charge in [-0.05, 0) is 18.4 Å². The van der Waals surface area contributed by atoms with Gasteiger partial charge in [-0.1, -0.05) is 47.6 Å². The summed E-state index contributed by atoms with van der Waals surface area (Å²) < 4.78 is 5.30. The first-order valence-electron chi connectivity index (χ1n) is 6.98. The molecule has 0 spiro atoms. The van der Waals surface area contributed by atoms with Crippen LogP contribution in [-0.2, 0) is 11.2 Å². The average molecular weight is 284 g/mol.